The van der Waals surface area contributed by atoms with Gasteiger partial charge in [0.15, 0.2) is 11.6 Å². The highest BCUT2D eigenvalue weighted by Crippen LogP contribution is 2.16. The number of hydrogen-bond donors (Lipinski definition) is 0. The molecule has 0 amide bonds. The van der Waals surface area contributed by atoms with Crippen molar-refractivity contribution in [3.05, 3.63) is 23.8 Å². The minimum Gasteiger partial charge on any atom is -0.494 e. The number of halogens is 1. The monoisotopic (exact) mass is 258 g/mol. The van der Waals surface area contributed by atoms with Crippen LogP contribution in [0.25, 0.3) is 0 Å². The summed E-state index contributed by atoms with van der Waals surface area (Å²) in [7, 11) is 0.0108. The summed E-state index contributed by atoms with van der Waals surface area (Å²) < 4.78 is 33.0. The lowest BCUT2D eigenvalue weighted by molar-refractivity contribution is 0.385. The second-order valence-electron chi connectivity index (χ2n) is 4.34. The number of pyridine rings is 1. The second-order valence-corrected chi connectivity index (χ2v) is 6.27. The minimum absolute atomic E-state index is 0.0861. The highest BCUT2D eigenvalue weighted by atomic mass is 32.2. The highest BCUT2D eigenvalue weighted by molar-refractivity contribution is 7.85. The van der Waals surface area contributed by atoms with Gasteiger partial charge in [-0.3, -0.25) is 4.98 Å². The zero-order valence-electron chi connectivity index (χ0n) is 10.2. The number of aromatic nitrogens is 1. The summed E-state index contributed by atoms with van der Waals surface area (Å²) >= 11 is 0. The number of nitrogens with zero attached hydrogens (tertiary/aromatic N) is 2. The molecule has 94 valence electrons. The molecule has 1 aromatic rings. The molecule has 0 aliphatic carbocycles. The molecular weight excluding hydrogens is 243 g/mol. The Balaban J connectivity index is 2.89. The van der Waals surface area contributed by atoms with Gasteiger partial charge in [0, 0.05) is 6.07 Å². The van der Waals surface area contributed by atoms with Crippen molar-refractivity contribution in [3.8, 4) is 5.75 Å². The second kappa shape index (κ2) is 5.35. The van der Waals surface area contributed by atoms with E-state index in [1.165, 1.54) is 19.4 Å². The van der Waals surface area contributed by atoms with E-state index in [4.69, 9.17) is 4.74 Å². The molecule has 4 nitrogen and oxygen atoms in total. The lowest BCUT2D eigenvalue weighted by Gasteiger charge is -2.12. The summed E-state index contributed by atoms with van der Waals surface area (Å²) in [5.74, 6) is -0.454. The van der Waals surface area contributed by atoms with E-state index in [2.05, 4.69) is 9.38 Å². The Labute approximate surface area is 103 Å². The first kappa shape index (κ1) is 13.8. The predicted molar refractivity (Wildman–Crippen MR) is 66.2 cm³/mol. The van der Waals surface area contributed by atoms with Gasteiger partial charge in [-0.15, -0.1) is 0 Å². The fourth-order valence-electron chi connectivity index (χ4n) is 0.922. The average molecular weight is 258 g/mol. The molecule has 1 aromatic heterocycles. The standard InChI is InChI=1S/C11H15FN2O2S/c1-11(2,3)17(15)14-6-8-5-10(16-4)9(12)7-13-8/h5-7H,1-4H3/b14-6+/t17-/m0/s1. The Morgan fingerprint density at radius 2 is 2.18 bits per heavy atom. The molecule has 0 N–H and O–H groups in total. The Bertz CT molecular complexity index is 455. The fourth-order valence-corrected chi connectivity index (χ4v) is 1.44. The molecule has 0 radical (unpaired) electrons. The van der Waals surface area contributed by atoms with Crippen LogP contribution in [-0.2, 0) is 11.0 Å². The van der Waals surface area contributed by atoms with E-state index >= 15 is 0 Å². The van der Waals surface area contributed by atoms with E-state index in [0.717, 1.165) is 6.20 Å². The maximum Gasteiger partial charge on any atom is 0.183 e. The molecule has 0 bridgehead atoms. The minimum atomic E-state index is -1.36. The molecule has 1 atom stereocenters. The number of rotatable bonds is 3. The molecule has 0 aliphatic rings. The highest BCUT2D eigenvalue weighted by Gasteiger charge is 2.18. The Hall–Kier alpha value is -1.30. The first-order valence-corrected chi connectivity index (χ1v) is 6.11. The molecular formula is C11H15FN2O2S. The molecule has 0 unspecified atom stereocenters. The quantitative estimate of drug-likeness (QED) is 0.780. The normalized spacial score (nSPS) is 13.9. The zero-order valence-corrected chi connectivity index (χ0v) is 11.0. The Morgan fingerprint density at radius 1 is 1.53 bits per heavy atom. The number of hydrogen-bond acceptors (Lipinski definition) is 3. The average Bonchev–Trinajstić information content (AvgIpc) is 2.26. The van der Waals surface area contributed by atoms with Gasteiger partial charge in [-0.1, -0.05) is 0 Å². The molecule has 0 saturated carbocycles. The van der Waals surface area contributed by atoms with E-state index in [1.54, 1.807) is 0 Å². The van der Waals surface area contributed by atoms with Crippen LogP contribution in [-0.4, -0.2) is 27.3 Å². The van der Waals surface area contributed by atoms with Crippen LogP contribution in [0.4, 0.5) is 4.39 Å². The summed E-state index contributed by atoms with van der Waals surface area (Å²) in [5.41, 5.74) is 0.404. The third-order valence-corrected chi connectivity index (χ3v) is 3.21. The van der Waals surface area contributed by atoms with Crippen LogP contribution in [0.2, 0.25) is 0 Å². The zero-order chi connectivity index (χ0) is 13.1. The van der Waals surface area contributed by atoms with Gasteiger partial charge in [0.1, 0.15) is 11.0 Å². The van der Waals surface area contributed by atoms with Gasteiger partial charge in [-0.2, -0.15) is 4.40 Å². The van der Waals surface area contributed by atoms with E-state index in [0.29, 0.717) is 5.69 Å². The van der Waals surface area contributed by atoms with E-state index < -0.39 is 21.5 Å². The van der Waals surface area contributed by atoms with Crippen molar-refractivity contribution in [1.82, 2.24) is 4.98 Å². The van der Waals surface area contributed by atoms with Crippen molar-refractivity contribution in [2.24, 2.45) is 4.40 Å². The van der Waals surface area contributed by atoms with Gasteiger partial charge >= 0.3 is 0 Å². The molecule has 0 aromatic carbocycles. The van der Waals surface area contributed by atoms with Crippen molar-refractivity contribution in [1.29, 1.82) is 0 Å². The molecule has 0 spiro atoms. The molecule has 0 saturated heterocycles. The van der Waals surface area contributed by atoms with Gasteiger partial charge < -0.3 is 4.74 Å². The van der Waals surface area contributed by atoms with Crippen LogP contribution in [0, 0.1) is 5.82 Å². The van der Waals surface area contributed by atoms with Crippen LogP contribution < -0.4 is 4.74 Å². The topological polar surface area (TPSA) is 51.5 Å². The maximum absolute atomic E-state index is 13.1. The molecule has 17 heavy (non-hydrogen) atoms. The SMILES string of the molecule is COc1cc(/C=N/[S@@](=O)C(C)(C)C)ncc1F. The van der Waals surface area contributed by atoms with Gasteiger partial charge in [0.2, 0.25) is 0 Å². The lowest BCUT2D eigenvalue weighted by Crippen LogP contribution is -2.19. The summed E-state index contributed by atoms with van der Waals surface area (Å²) in [4.78, 5) is 3.80. The summed E-state index contributed by atoms with van der Waals surface area (Å²) in [6.07, 6.45) is 2.39. The summed E-state index contributed by atoms with van der Waals surface area (Å²) in [6, 6.07) is 1.40. The third-order valence-electron chi connectivity index (χ3n) is 1.87. The summed E-state index contributed by atoms with van der Waals surface area (Å²) in [6.45, 7) is 5.46. The summed E-state index contributed by atoms with van der Waals surface area (Å²) in [5, 5.41) is 0. The van der Waals surface area contributed by atoms with Crippen LogP contribution >= 0.6 is 0 Å². The van der Waals surface area contributed by atoms with Crippen LogP contribution in [0.1, 0.15) is 26.5 Å². The Kier molecular flexibility index (Phi) is 4.34. The van der Waals surface area contributed by atoms with Crippen LogP contribution in [0.15, 0.2) is 16.7 Å². The van der Waals surface area contributed by atoms with Gasteiger partial charge in [0.25, 0.3) is 0 Å². The number of methoxy groups -OCH3 is 1. The van der Waals surface area contributed by atoms with Crippen molar-refractivity contribution >= 4 is 17.2 Å². The largest absolute Gasteiger partial charge is 0.494 e. The molecule has 1 rings (SSSR count). The molecule has 0 fully saturated rings. The molecule has 1 heterocycles. The smallest absolute Gasteiger partial charge is 0.183 e. The predicted octanol–water partition coefficient (Wildman–Crippen LogP) is 2.11. The first-order valence-electron chi connectivity index (χ1n) is 5.00. The van der Waals surface area contributed by atoms with E-state index in [9.17, 15) is 8.60 Å². The fraction of sp³-hybridized carbons (Fsp3) is 0.455. The van der Waals surface area contributed by atoms with Gasteiger partial charge in [-0.05, 0) is 20.8 Å². The van der Waals surface area contributed by atoms with Crippen molar-refractivity contribution in [3.63, 3.8) is 0 Å². The van der Waals surface area contributed by atoms with Crippen molar-refractivity contribution in [2.45, 2.75) is 25.5 Å². The maximum atomic E-state index is 13.1. The van der Waals surface area contributed by atoms with Crippen LogP contribution in [0.5, 0.6) is 5.75 Å². The van der Waals surface area contributed by atoms with Crippen LogP contribution in [0.3, 0.4) is 0 Å². The Morgan fingerprint density at radius 3 is 2.71 bits per heavy atom. The molecule has 0 aliphatic heterocycles. The van der Waals surface area contributed by atoms with Gasteiger partial charge in [0.05, 0.1) is 30.0 Å². The van der Waals surface area contributed by atoms with E-state index in [1.807, 2.05) is 20.8 Å². The molecule has 6 heteroatoms. The lowest BCUT2D eigenvalue weighted by atomic mass is 10.3. The van der Waals surface area contributed by atoms with Crippen molar-refractivity contribution < 1.29 is 13.3 Å². The van der Waals surface area contributed by atoms with E-state index in [-0.39, 0.29) is 5.75 Å². The number of ether oxygens (including phenoxy) is 1. The van der Waals surface area contributed by atoms with Gasteiger partial charge in [-0.25, -0.2) is 8.60 Å². The third kappa shape index (κ3) is 3.89. The first-order chi connectivity index (χ1) is 7.84. The van der Waals surface area contributed by atoms with Crippen molar-refractivity contribution in [2.75, 3.05) is 7.11 Å².